The summed E-state index contributed by atoms with van der Waals surface area (Å²) in [5.41, 5.74) is 0.661. The Bertz CT molecular complexity index is 1010. The Hall–Kier alpha value is -2.99. The maximum atomic E-state index is 11.9. The highest BCUT2D eigenvalue weighted by Crippen LogP contribution is 2.24. The first-order valence-corrected chi connectivity index (χ1v) is 7.87. The van der Waals surface area contributed by atoms with Gasteiger partial charge in [0.05, 0.1) is 18.0 Å². The summed E-state index contributed by atoms with van der Waals surface area (Å²) < 4.78 is 10.00. The average Bonchev–Trinajstić information content (AvgIpc) is 2.61. The molecule has 7 heteroatoms. The van der Waals surface area contributed by atoms with E-state index in [4.69, 9.17) is 20.8 Å². The van der Waals surface area contributed by atoms with Crippen LogP contribution in [-0.2, 0) is 4.74 Å². The van der Waals surface area contributed by atoms with Crippen molar-refractivity contribution in [2.75, 3.05) is 6.61 Å². The standard InChI is InChI=1S/C18H13ClN2O4/c1-2-24-17(22)15-10-11-9-14(7-8-16(11)25-18(15)23)21-20-13-5-3-12(19)4-6-13/h3-10H,2H2,1H3. The van der Waals surface area contributed by atoms with Crippen LogP contribution in [0, 0.1) is 0 Å². The molecular formula is C18H13ClN2O4. The topological polar surface area (TPSA) is 81.2 Å². The summed E-state index contributed by atoms with van der Waals surface area (Å²) >= 11 is 5.82. The van der Waals surface area contributed by atoms with Gasteiger partial charge in [0.25, 0.3) is 0 Å². The van der Waals surface area contributed by atoms with Crippen molar-refractivity contribution >= 4 is 39.9 Å². The van der Waals surface area contributed by atoms with Crippen LogP contribution in [0.4, 0.5) is 11.4 Å². The molecule has 0 saturated heterocycles. The molecule has 0 fully saturated rings. The number of rotatable bonds is 4. The highest BCUT2D eigenvalue weighted by atomic mass is 35.5. The Labute approximate surface area is 147 Å². The van der Waals surface area contributed by atoms with E-state index >= 15 is 0 Å². The highest BCUT2D eigenvalue weighted by molar-refractivity contribution is 6.30. The molecule has 3 aromatic rings. The maximum Gasteiger partial charge on any atom is 0.351 e. The minimum Gasteiger partial charge on any atom is -0.462 e. The summed E-state index contributed by atoms with van der Waals surface area (Å²) in [6.07, 6.45) is 0. The van der Waals surface area contributed by atoms with Gasteiger partial charge in [-0.2, -0.15) is 10.2 Å². The summed E-state index contributed by atoms with van der Waals surface area (Å²) in [5.74, 6) is -0.716. The van der Waals surface area contributed by atoms with Gasteiger partial charge in [0, 0.05) is 10.4 Å². The third-order valence-corrected chi connectivity index (χ3v) is 3.57. The minimum absolute atomic E-state index is 0.152. The summed E-state index contributed by atoms with van der Waals surface area (Å²) in [6, 6.07) is 13.3. The number of hydrogen-bond acceptors (Lipinski definition) is 6. The molecule has 0 radical (unpaired) electrons. The van der Waals surface area contributed by atoms with Crippen LogP contribution in [0.15, 0.2) is 68.0 Å². The molecule has 25 heavy (non-hydrogen) atoms. The average molecular weight is 357 g/mol. The number of fused-ring (bicyclic) bond motifs is 1. The van der Waals surface area contributed by atoms with Crippen molar-refractivity contribution in [2.24, 2.45) is 10.2 Å². The minimum atomic E-state index is -0.735. The lowest BCUT2D eigenvalue weighted by atomic mass is 10.1. The summed E-state index contributed by atoms with van der Waals surface area (Å²) in [5, 5.41) is 9.41. The fraction of sp³-hybridized carbons (Fsp3) is 0.111. The zero-order chi connectivity index (χ0) is 17.8. The van der Waals surface area contributed by atoms with Gasteiger partial charge < -0.3 is 9.15 Å². The quantitative estimate of drug-likeness (QED) is 0.372. The third-order valence-electron chi connectivity index (χ3n) is 3.32. The normalized spacial score (nSPS) is 11.1. The SMILES string of the molecule is CCOC(=O)c1cc2cc(N=Nc3ccc(Cl)cc3)ccc2oc1=O. The van der Waals surface area contributed by atoms with E-state index in [1.54, 1.807) is 49.4 Å². The van der Waals surface area contributed by atoms with Crippen molar-refractivity contribution in [1.29, 1.82) is 0 Å². The Morgan fingerprint density at radius 1 is 1.08 bits per heavy atom. The second-order valence-corrected chi connectivity index (χ2v) is 5.50. The van der Waals surface area contributed by atoms with Crippen molar-refractivity contribution < 1.29 is 13.9 Å². The van der Waals surface area contributed by atoms with E-state index in [9.17, 15) is 9.59 Å². The van der Waals surface area contributed by atoms with Crippen molar-refractivity contribution in [3.63, 3.8) is 0 Å². The van der Waals surface area contributed by atoms with Crippen LogP contribution in [0.2, 0.25) is 5.02 Å². The van der Waals surface area contributed by atoms with E-state index in [0.29, 0.717) is 27.4 Å². The zero-order valence-corrected chi connectivity index (χ0v) is 14.0. The fourth-order valence-electron chi connectivity index (χ4n) is 2.15. The molecule has 2 aromatic carbocycles. The second-order valence-electron chi connectivity index (χ2n) is 5.07. The molecule has 0 aliphatic heterocycles. The number of hydrogen-bond donors (Lipinski definition) is 0. The first kappa shape index (κ1) is 16.9. The molecule has 0 unspecified atom stereocenters. The van der Waals surface area contributed by atoms with Crippen LogP contribution in [0.25, 0.3) is 11.0 Å². The highest BCUT2D eigenvalue weighted by Gasteiger charge is 2.14. The Morgan fingerprint density at radius 3 is 2.48 bits per heavy atom. The Balaban J connectivity index is 1.95. The number of carbonyl (C=O) groups excluding carboxylic acids is 1. The third kappa shape index (κ3) is 3.92. The van der Waals surface area contributed by atoms with E-state index in [1.807, 2.05) is 0 Å². The molecule has 1 heterocycles. The number of carbonyl (C=O) groups is 1. The maximum absolute atomic E-state index is 11.9. The van der Waals surface area contributed by atoms with Crippen molar-refractivity contribution in [3.05, 3.63) is 69.5 Å². The van der Waals surface area contributed by atoms with E-state index in [1.165, 1.54) is 6.07 Å². The molecule has 0 N–H and O–H groups in total. The number of esters is 1. The zero-order valence-electron chi connectivity index (χ0n) is 13.2. The van der Waals surface area contributed by atoms with E-state index in [0.717, 1.165) is 0 Å². The summed E-state index contributed by atoms with van der Waals surface area (Å²) in [4.78, 5) is 23.6. The lowest BCUT2D eigenvalue weighted by molar-refractivity contribution is 0.0522. The summed E-state index contributed by atoms with van der Waals surface area (Å²) in [7, 11) is 0. The Morgan fingerprint density at radius 2 is 1.76 bits per heavy atom. The van der Waals surface area contributed by atoms with Gasteiger partial charge in [-0.1, -0.05) is 11.6 Å². The molecule has 0 spiro atoms. The molecule has 0 aliphatic rings. The number of benzene rings is 2. The molecule has 126 valence electrons. The Kier molecular flexibility index (Phi) is 4.90. The van der Waals surface area contributed by atoms with Crippen LogP contribution in [-0.4, -0.2) is 12.6 Å². The van der Waals surface area contributed by atoms with Gasteiger partial charge >= 0.3 is 11.6 Å². The van der Waals surface area contributed by atoms with Crippen LogP contribution < -0.4 is 5.63 Å². The van der Waals surface area contributed by atoms with Gasteiger partial charge in [-0.25, -0.2) is 9.59 Å². The van der Waals surface area contributed by atoms with E-state index in [2.05, 4.69) is 10.2 Å². The molecule has 6 nitrogen and oxygen atoms in total. The lowest BCUT2D eigenvalue weighted by Crippen LogP contribution is -2.16. The van der Waals surface area contributed by atoms with Crippen LogP contribution in [0.3, 0.4) is 0 Å². The predicted octanol–water partition coefficient (Wildman–Crippen LogP) is 5.04. The predicted molar refractivity (Wildman–Crippen MR) is 94.1 cm³/mol. The molecule has 1 aromatic heterocycles. The van der Waals surface area contributed by atoms with Crippen molar-refractivity contribution in [3.8, 4) is 0 Å². The fourth-order valence-corrected chi connectivity index (χ4v) is 2.27. The monoisotopic (exact) mass is 356 g/mol. The number of ether oxygens (including phenoxy) is 1. The largest absolute Gasteiger partial charge is 0.462 e. The van der Waals surface area contributed by atoms with Gasteiger partial charge in [-0.05, 0) is 55.5 Å². The van der Waals surface area contributed by atoms with Gasteiger partial charge in [-0.3, -0.25) is 0 Å². The molecule has 0 aliphatic carbocycles. The molecule has 3 rings (SSSR count). The van der Waals surface area contributed by atoms with Crippen LogP contribution in [0.1, 0.15) is 17.3 Å². The number of nitrogens with zero attached hydrogens (tertiary/aromatic N) is 2. The van der Waals surface area contributed by atoms with Gasteiger partial charge in [0.2, 0.25) is 0 Å². The van der Waals surface area contributed by atoms with Crippen molar-refractivity contribution in [1.82, 2.24) is 0 Å². The smallest absolute Gasteiger partial charge is 0.351 e. The molecule has 0 bridgehead atoms. The molecular weight excluding hydrogens is 344 g/mol. The lowest BCUT2D eigenvalue weighted by Gasteiger charge is -2.02. The first-order valence-electron chi connectivity index (χ1n) is 7.49. The second kappa shape index (κ2) is 7.27. The summed E-state index contributed by atoms with van der Waals surface area (Å²) in [6.45, 7) is 1.83. The molecule has 0 amide bonds. The van der Waals surface area contributed by atoms with E-state index < -0.39 is 11.6 Å². The van der Waals surface area contributed by atoms with Crippen LogP contribution >= 0.6 is 11.6 Å². The number of azo groups is 1. The molecule has 0 atom stereocenters. The van der Waals surface area contributed by atoms with Crippen molar-refractivity contribution in [2.45, 2.75) is 6.92 Å². The van der Waals surface area contributed by atoms with E-state index in [-0.39, 0.29) is 12.2 Å². The van der Waals surface area contributed by atoms with Gasteiger partial charge in [-0.15, -0.1) is 0 Å². The number of halogens is 1. The molecule has 0 saturated carbocycles. The van der Waals surface area contributed by atoms with Crippen LogP contribution in [0.5, 0.6) is 0 Å². The first-order chi connectivity index (χ1) is 12.1. The van der Waals surface area contributed by atoms with Gasteiger partial charge in [0.1, 0.15) is 11.1 Å². The van der Waals surface area contributed by atoms with Gasteiger partial charge in [0.15, 0.2) is 0 Å².